The number of hydrogen-bond acceptors (Lipinski definition) is 5. The first-order chi connectivity index (χ1) is 18.7. The minimum Gasteiger partial charge on any atom is -0.508 e. The molecule has 6 heteroatoms. The summed E-state index contributed by atoms with van der Waals surface area (Å²) >= 11 is 0. The van der Waals surface area contributed by atoms with Crippen molar-refractivity contribution in [3.05, 3.63) is 92.5 Å². The predicted molar refractivity (Wildman–Crippen MR) is 151 cm³/mol. The van der Waals surface area contributed by atoms with Crippen molar-refractivity contribution >= 4 is 11.9 Å². The number of aromatic hydroxyl groups is 2. The molecule has 3 N–H and O–H groups in total. The first-order valence-corrected chi connectivity index (χ1v) is 14.0. The van der Waals surface area contributed by atoms with Crippen molar-refractivity contribution < 1.29 is 29.6 Å². The average Bonchev–Trinajstić information content (AvgIpc) is 3.21. The van der Waals surface area contributed by atoms with Crippen molar-refractivity contribution in [2.45, 2.75) is 84.7 Å². The van der Waals surface area contributed by atoms with Crippen LogP contribution in [-0.2, 0) is 36.0 Å². The normalized spacial score (nSPS) is 13.8. The fourth-order valence-electron chi connectivity index (χ4n) is 6.00. The molecule has 1 aliphatic heterocycles. The van der Waals surface area contributed by atoms with Crippen LogP contribution < -0.4 is 0 Å². The van der Waals surface area contributed by atoms with Gasteiger partial charge >= 0.3 is 11.9 Å². The number of cyclic esters (lactones) is 1. The second-order valence-electron chi connectivity index (χ2n) is 10.4. The lowest BCUT2D eigenvalue weighted by Gasteiger charge is -2.33. The zero-order valence-corrected chi connectivity index (χ0v) is 23.3. The molecular weight excluding hydrogens is 492 g/mol. The molecule has 4 rings (SSSR count). The molecule has 0 radical (unpaired) electrons. The first-order valence-electron chi connectivity index (χ1n) is 14.0. The van der Waals surface area contributed by atoms with E-state index in [4.69, 9.17) is 4.74 Å². The Morgan fingerprint density at radius 1 is 0.769 bits per heavy atom. The van der Waals surface area contributed by atoms with Crippen molar-refractivity contribution in [3.63, 3.8) is 0 Å². The second kappa shape index (κ2) is 11.5. The van der Waals surface area contributed by atoms with Crippen LogP contribution in [0.25, 0.3) is 0 Å². The number of benzene rings is 3. The largest absolute Gasteiger partial charge is 0.508 e. The molecular formula is C33H38O6. The molecule has 3 aromatic carbocycles. The number of fused-ring (bicyclic) bond motifs is 1. The van der Waals surface area contributed by atoms with Gasteiger partial charge in [-0.3, -0.25) is 0 Å². The number of phenols is 2. The number of ether oxygens (including phenoxy) is 1. The third kappa shape index (κ3) is 4.88. The quantitative estimate of drug-likeness (QED) is 0.229. The summed E-state index contributed by atoms with van der Waals surface area (Å²) < 4.78 is 6.23. The van der Waals surface area contributed by atoms with Gasteiger partial charge in [-0.2, -0.15) is 0 Å². The van der Waals surface area contributed by atoms with Gasteiger partial charge in [-0.15, -0.1) is 0 Å². The van der Waals surface area contributed by atoms with Gasteiger partial charge in [-0.1, -0.05) is 71.6 Å². The summed E-state index contributed by atoms with van der Waals surface area (Å²) in [5.74, 6) is -1.64. The van der Waals surface area contributed by atoms with Crippen LogP contribution in [0.5, 0.6) is 11.5 Å². The number of hydrogen-bond donors (Lipinski definition) is 3. The monoisotopic (exact) mass is 530 g/mol. The summed E-state index contributed by atoms with van der Waals surface area (Å²) in [6, 6.07) is 11.6. The summed E-state index contributed by atoms with van der Waals surface area (Å²) in [5, 5.41) is 32.7. The minimum absolute atomic E-state index is 0.0540. The predicted octanol–water partition coefficient (Wildman–Crippen LogP) is 7.07. The van der Waals surface area contributed by atoms with Gasteiger partial charge < -0.3 is 20.1 Å². The number of esters is 1. The van der Waals surface area contributed by atoms with Crippen LogP contribution in [0.3, 0.4) is 0 Å². The van der Waals surface area contributed by atoms with E-state index < -0.39 is 17.5 Å². The fraction of sp³-hybridized carbons (Fsp3) is 0.394. The van der Waals surface area contributed by atoms with Crippen LogP contribution in [0, 0.1) is 0 Å². The molecule has 0 bridgehead atoms. The molecule has 0 spiro atoms. The molecule has 1 heterocycles. The average molecular weight is 531 g/mol. The molecule has 0 unspecified atom stereocenters. The standard InChI is InChI=1S/C33H38O6/c1-5-10-20-16-22(18-28(34)24(20)12-7-3)33(23-17-21(11-6-2)25(13-8-4)29(35)19-23)30-26(31(36)37)14-9-15-27(30)32(38)39-33/h9,14-19,34-35H,5-8,10-13H2,1-4H3,(H,36,37). The Hall–Kier alpha value is -3.80. The van der Waals surface area contributed by atoms with E-state index in [0.717, 1.165) is 47.9 Å². The van der Waals surface area contributed by atoms with Gasteiger partial charge in [0, 0.05) is 16.7 Å². The zero-order valence-electron chi connectivity index (χ0n) is 23.3. The molecule has 0 saturated heterocycles. The smallest absolute Gasteiger partial charge is 0.340 e. The van der Waals surface area contributed by atoms with Crippen LogP contribution in [0.4, 0.5) is 0 Å². The molecule has 0 aromatic heterocycles. The van der Waals surface area contributed by atoms with Gasteiger partial charge in [0.25, 0.3) is 0 Å². The van der Waals surface area contributed by atoms with E-state index in [-0.39, 0.29) is 28.2 Å². The van der Waals surface area contributed by atoms with E-state index >= 15 is 0 Å². The van der Waals surface area contributed by atoms with E-state index in [1.165, 1.54) is 12.1 Å². The number of aromatic carboxylic acids is 1. The Labute approximate surface area is 230 Å². The highest BCUT2D eigenvalue weighted by Gasteiger charge is 2.51. The lowest BCUT2D eigenvalue weighted by atomic mass is 9.75. The lowest BCUT2D eigenvalue weighted by molar-refractivity contribution is 0.0244. The highest BCUT2D eigenvalue weighted by molar-refractivity contribution is 6.02. The maximum atomic E-state index is 13.4. The van der Waals surface area contributed by atoms with Gasteiger partial charge in [0.2, 0.25) is 0 Å². The molecule has 0 aliphatic carbocycles. The topological polar surface area (TPSA) is 104 Å². The Morgan fingerprint density at radius 2 is 1.26 bits per heavy atom. The number of carboxylic acid groups (broad SMARTS) is 1. The van der Waals surface area contributed by atoms with Crippen molar-refractivity contribution in [1.82, 2.24) is 0 Å². The summed E-state index contributed by atoms with van der Waals surface area (Å²) in [6.45, 7) is 8.22. The van der Waals surface area contributed by atoms with Crippen molar-refractivity contribution in [1.29, 1.82) is 0 Å². The molecule has 0 amide bonds. The highest BCUT2D eigenvalue weighted by Crippen LogP contribution is 2.51. The van der Waals surface area contributed by atoms with E-state index in [0.29, 0.717) is 36.8 Å². The third-order valence-corrected chi connectivity index (χ3v) is 7.60. The number of carbonyl (C=O) groups excluding carboxylic acids is 1. The molecule has 6 nitrogen and oxygen atoms in total. The number of phenolic OH excluding ortho intramolecular Hbond substituents is 2. The summed E-state index contributed by atoms with van der Waals surface area (Å²) in [4.78, 5) is 25.9. The third-order valence-electron chi connectivity index (χ3n) is 7.60. The molecule has 39 heavy (non-hydrogen) atoms. The molecule has 3 aromatic rings. The number of aryl methyl sites for hydroxylation is 2. The first kappa shape index (κ1) is 28.2. The lowest BCUT2D eigenvalue weighted by Crippen LogP contribution is -2.32. The number of rotatable bonds is 11. The molecule has 0 fully saturated rings. The maximum absolute atomic E-state index is 13.4. The van der Waals surface area contributed by atoms with Crippen LogP contribution in [0.1, 0.15) is 113 Å². The summed E-state index contributed by atoms with van der Waals surface area (Å²) in [5.41, 5.74) is 3.18. The number of carboxylic acids is 1. The van der Waals surface area contributed by atoms with E-state index in [9.17, 15) is 24.9 Å². The van der Waals surface area contributed by atoms with Gasteiger partial charge in [-0.05, 0) is 72.2 Å². The van der Waals surface area contributed by atoms with Gasteiger partial charge in [0.15, 0.2) is 5.60 Å². The maximum Gasteiger partial charge on any atom is 0.340 e. The van der Waals surface area contributed by atoms with Gasteiger partial charge in [0.1, 0.15) is 11.5 Å². The minimum atomic E-state index is -1.66. The molecule has 0 saturated carbocycles. The van der Waals surface area contributed by atoms with Crippen LogP contribution in [0.2, 0.25) is 0 Å². The van der Waals surface area contributed by atoms with Crippen LogP contribution in [-0.4, -0.2) is 27.3 Å². The van der Waals surface area contributed by atoms with Crippen LogP contribution >= 0.6 is 0 Å². The van der Waals surface area contributed by atoms with Crippen LogP contribution in [0.15, 0.2) is 42.5 Å². The fourth-order valence-corrected chi connectivity index (χ4v) is 6.00. The number of carbonyl (C=O) groups is 2. The molecule has 0 atom stereocenters. The SMILES string of the molecule is CCCc1cc(C2(c3cc(O)c(CCC)c(CCC)c3)OC(=O)c3cccc(C(=O)O)c32)cc(O)c1CCC. The Kier molecular flexibility index (Phi) is 8.34. The molecule has 206 valence electrons. The second-order valence-corrected chi connectivity index (χ2v) is 10.4. The zero-order chi connectivity index (χ0) is 28.3. The Bertz CT molecular complexity index is 1340. The molecule has 1 aliphatic rings. The van der Waals surface area contributed by atoms with Crippen molar-refractivity contribution in [3.8, 4) is 11.5 Å². The highest BCUT2D eigenvalue weighted by atomic mass is 16.6. The Balaban J connectivity index is 2.15. The van der Waals surface area contributed by atoms with E-state index in [1.807, 2.05) is 12.1 Å². The van der Waals surface area contributed by atoms with Crippen molar-refractivity contribution in [2.75, 3.05) is 0 Å². The Morgan fingerprint density at radius 3 is 1.69 bits per heavy atom. The van der Waals surface area contributed by atoms with E-state index in [1.54, 1.807) is 18.2 Å². The summed E-state index contributed by atoms with van der Waals surface area (Å²) in [6.07, 6.45) is 6.18. The van der Waals surface area contributed by atoms with E-state index in [2.05, 4.69) is 27.7 Å². The van der Waals surface area contributed by atoms with Gasteiger partial charge in [-0.25, -0.2) is 9.59 Å². The van der Waals surface area contributed by atoms with Crippen molar-refractivity contribution in [2.24, 2.45) is 0 Å². The van der Waals surface area contributed by atoms with Gasteiger partial charge in [0.05, 0.1) is 11.1 Å². The summed E-state index contributed by atoms with van der Waals surface area (Å²) in [7, 11) is 0.